The first-order chi connectivity index (χ1) is 13.8. The smallest absolute Gasteiger partial charge is 0.268 e. The molecule has 0 bridgehead atoms. The van der Waals surface area contributed by atoms with Crippen molar-refractivity contribution < 1.29 is 9.59 Å². The summed E-state index contributed by atoms with van der Waals surface area (Å²) < 4.78 is 1.86. The maximum Gasteiger partial charge on any atom is 0.268 e. The lowest BCUT2D eigenvalue weighted by molar-refractivity contribution is -0.131. The van der Waals surface area contributed by atoms with E-state index in [2.05, 4.69) is 52.2 Å². The highest BCUT2D eigenvalue weighted by Gasteiger charge is 2.38. The number of hydrogen-bond donors (Lipinski definition) is 2. The molecule has 3 rings (SSSR count). The lowest BCUT2D eigenvalue weighted by atomic mass is 9.89. The van der Waals surface area contributed by atoms with E-state index in [0.29, 0.717) is 24.2 Å². The van der Waals surface area contributed by atoms with Crippen LogP contribution in [0.1, 0.15) is 89.7 Å². The Bertz CT molecular complexity index is 776. The number of carbonyl (C=O) groups excluding carboxylic acids is 2. The lowest BCUT2D eigenvalue weighted by Gasteiger charge is -2.37. The summed E-state index contributed by atoms with van der Waals surface area (Å²) in [6.07, 6.45) is 6.96. The van der Waals surface area contributed by atoms with Gasteiger partial charge >= 0.3 is 0 Å². The molecule has 1 saturated heterocycles. The van der Waals surface area contributed by atoms with Gasteiger partial charge in [0.15, 0.2) is 0 Å². The summed E-state index contributed by atoms with van der Waals surface area (Å²) >= 11 is 0. The molecule has 2 N–H and O–H groups in total. The minimum absolute atomic E-state index is 0.0169. The zero-order valence-corrected chi connectivity index (χ0v) is 19.8. The van der Waals surface area contributed by atoms with Crippen LogP contribution < -0.4 is 10.6 Å². The summed E-state index contributed by atoms with van der Waals surface area (Å²) in [7, 11) is 1.89. The molecule has 1 saturated carbocycles. The molecule has 2 aliphatic rings. The van der Waals surface area contributed by atoms with Crippen LogP contribution in [0, 0.1) is 0 Å². The Morgan fingerprint density at radius 3 is 2.20 bits per heavy atom. The molecule has 0 radical (unpaired) electrons. The summed E-state index contributed by atoms with van der Waals surface area (Å²) in [5.41, 5.74) is 1.84. The molecule has 30 heavy (non-hydrogen) atoms. The van der Waals surface area contributed by atoms with E-state index in [1.165, 1.54) is 0 Å². The van der Waals surface area contributed by atoms with Crippen LogP contribution in [-0.2, 0) is 17.3 Å². The molecule has 168 valence electrons. The van der Waals surface area contributed by atoms with Crippen molar-refractivity contribution in [3.8, 4) is 0 Å². The quantitative estimate of drug-likeness (QED) is 0.791. The van der Waals surface area contributed by atoms with E-state index in [9.17, 15) is 9.59 Å². The largest absolute Gasteiger partial charge is 0.346 e. The van der Waals surface area contributed by atoms with Crippen molar-refractivity contribution in [3.05, 3.63) is 23.5 Å². The van der Waals surface area contributed by atoms with Gasteiger partial charge in [-0.2, -0.15) is 0 Å². The molecular weight excluding hydrogens is 376 g/mol. The zero-order chi connectivity index (χ0) is 22.3. The molecule has 1 aliphatic heterocycles. The molecule has 0 unspecified atom stereocenters. The number of nitrogens with one attached hydrogen (secondary N) is 2. The summed E-state index contributed by atoms with van der Waals surface area (Å²) in [6, 6.07) is 2.37. The van der Waals surface area contributed by atoms with Gasteiger partial charge in [0.25, 0.3) is 5.91 Å². The van der Waals surface area contributed by atoms with E-state index in [4.69, 9.17) is 0 Å². The van der Waals surface area contributed by atoms with E-state index in [-0.39, 0.29) is 22.8 Å². The number of amides is 2. The molecule has 1 aliphatic carbocycles. The van der Waals surface area contributed by atoms with Crippen LogP contribution in [0.25, 0.3) is 0 Å². The third kappa shape index (κ3) is 5.26. The van der Waals surface area contributed by atoms with Gasteiger partial charge in [0.2, 0.25) is 5.91 Å². The molecule has 1 aromatic heterocycles. The van der Waals surface area contributed by atoms with Crippen LogP contribution >= 0.6 is 0 Å². The Kier molecular flexibility index (Phi) is 6.38. The van der Waals surface area contributed by atoms with Crippen molar-refractivity contribution >= 4 is 11.8 Å². The molecule has 1 atom stereocenters. The first-order valence-corrected chi connectivity index (χ1v) is 11.4. The summed E-state index contributed by atoms with van der Waals surface area (Å²) in [5, 5.41) is 6.68. The van der Waals surface area contributed by atoms with Crippen molar-refractivity contribution in [2.24, 2.45) is 7.05 Å². The van der Waals surface area contributed by atoms with Gasteiger partial charge in [-0.25, -0.2) is 0 Å². The molecule has 6 nitrogen and oxygen atoms in total. The van der Waals surface area contributed by atoms with E-state index < -0.39 is 6.04 Å². The molecule has 0 aromatic carbocycles. The monoisotopic (exact) mass is 416 g/mol. The third-order valence-electron chi connectivity index (χ3n) is 6.42. The number of aryl methyl sites for hydroxylation is 1. The molecule has 2 fully saturated rings. The standard InChI is InChI=1S/C24H40N4O2/c1-23(2,3)16-14-20(27(7)15-16)21(29)25-19-12-13-28(22(19)30)18-10-8-17(9-11-18)26-24(4,5)6/h14-15,17-19,26H,8-13H2,1-7H3,(H,25,29)/t17?,18?,19-/m0/s1. The third-order valence-corrected chi connectivity index (χ3v) is 6.42. The van der Waals surface area contributed by atoms with Crippen LogP contribution in [0.5, 0.6) is 0 Å². The van der Waals surface area contributed by atoms with Crippen molar-refractivity contribution in [2.45, 2.75) is 103 Å². The SMILES string of the molecule is Cn1cc(C(C)(C)C)cc1C(=O)N[C@H]1CCN(C2CCC(NC(C)(C)C)CC2)C1=O. The maximum atomic E-state index is 13.0. The number of hydrogen-bond acceptors (Lipinski definition) is 3. The average Bonchev–Trinajstić information content (AvgIpc) is 3.18. The second-order valence-corrected chi connectivity index (χ2v) is 11.2. The Labute approximate surface area is 181 Å². The summed E-state index contributed by atoms with van der Waals surface area (Å²) in [6.45, 7) is 13.7. The molecule has 1 aromatic rings. The molecular formula is C24H40N4O2. The predicted molar refractivity (Wildman–Crippen MR) is 121 cm³/mol. The van der Waals surface area contributed by atoms with E-state index in [1.54, 1.807) is 0 Å². The van der Waals surface area contributed by atoms with Crippen molar-refractivity contribution in [1.82, 2.24) is 20.1 Å². The Hall–Kier alpha value is -1.82. The van der Waals surface area contributed by atoms with Crippen LogP contribution in [0.15, 0.2) is 12.3 Å². The Morgan fingerprint density at radius 2 is 1.67 bits per heavy atom. The van der Waals surface area contributed by atoms with E-state index in [1.807, 2.05) is 28.8 Å². The van der Waals surface area contributed by atoms with E-state index in [0.717, 1.165) is 37.8 Å². The van der Waals surface area contributed by atoms with Crippen LogP contribution in [-0.4, -0.2) is 51.5 Å². The number of likely N-dealkylation sites (tertiary alicyclic amines) is 1. The summed E-state index contributed by atoms with van der Waals surface area (Å²) in [4.78, 5) is 27.9. The highest BCUT2D eigenvalue weighted by molar-refractivity contribution is 5.97. The van der Waals surface area contributed by atoms with Gasteiger partial charge in [-0.3, -0.25) is 9.59 Å². The first kappa shape index (κ1) is 22.9. The predicted octanol–water partition coefficient (Wildman–Crippen LogP) is 3.35. The maximum absolute atomic E-state index is 13.0. The fraction of sp³-hybridized carbons (Fsp3) is 0.750. The Morgan fingerprint density at radius 1 is 1.03 bits per heavy atom. The van der Waals surface area contributed by atoms with Crippen LogP contribution in [0.4, 0.5) is 0 Å². The second kappa shape index (κ2) is 8.37. The van der Waals surface area contributed by atoms with Crippen molar-refractivity contribution in [1.29, 1.82) is 0 Å². The molecule has 2 amide bonds. The minimum Gasteiger partial charge on any atom is -0.346 e. The van der Waals surface area contributed by atoms with Crippen molar-refractivity contribution in [3.63, 3.8) is 0 Å². The fourth-order valence-corrected chi connectivity index (χ4v) is 4.78. The van der Waals surface area contributed by atoms with Gasteiger partial charge in [0.05, 0.1) is 0 Å². The topological polar surface area (TPSA) is 66.4 Å². The van der Waals surface area contributed by atoms with Gasteiger partial charge in [-0.15, -0.1) is 0 Å². The Balaban J connectivity index is 1.56. The van der Waals surface area contributed by atoms with Gasteiger partial charge in [0, 0.05) is 37.4 Å². The van der Waals surface area contributed by atoms with Crippen LogP contribution in [0.3, 0.4) is 0 Å². The summed E-state index contributed by atoms with van der Waals surface area (Å²) in [5.74, 6) is -0.0767. The zero-order valence-electron chi connectivity index (χ0n) is 19.8. The highest BCUT2D eigenvalue weighted by Crippen LogP contribution is 2.28. The average molecular weight is 417 g/mol. The normalized spacial score (nSPS) is 25.6. The van der Waals surface area contributed by atoms with Gasteiger partial charge in [-0.1, -0.05) is 20.8 Å². The molecule has 6 heteroatoms. The van der Waals surface area contributed by atoms with Gasteiger partial charge in [-0.05, 0) is 69.9 Å². The minimum atomic E-state index is -0.407. The van der Waals surface area contributed by atoms with Gasteiger partial charge in [0.1, 0.15) is 11.7 Å². The van der Waals surface area contributed by atoms with Crippen LogP contribution in [0.2, 0.25) is 0 Å². The highest BCUT2D eigenvalue weighted by atomic mass is 16.2. The first-order valence-electron chi connectivity index (χ1n) is 11.4. The lowest BCUT2D eigenvalue weighted by Crippen LogP contribution is -2.49. The number of carbonyl (C=O) groups is 2. The number of aromatic nitrogens is 1. The second-order valence-electron chi connectivity index (χ2n) is 11.2. The molecule has 2 heterocycles. The van der Waals surface area contributed by atoms with E-state index >= 15 is 0 Å². The van der Waals surface area contributed by atoms with Gasteiger partial charge < -0.3 is 20.1 Å². The number of rotatable bonds is 4. The molecule has 0 spiro atoms. The van der Waals surface area contributed by atoms with Crippen molar-refractivity contribution in [2.75, 3.05) is 6.54 Å². The number of nitrogens with zero attached hydrogens (tertiary/aromatic N) is 2. The fourth-order valence-electron chi connectivity index (χ4n) is 4.78.